The molecule has 0 bridgehead atoms. The van der Waals surface area contributed by atoms with Gasteiger partial charge in [-0.1, -0.05) is 78.1 Å². The first kappa shape index (κ1) is 36.9. The predicted octanol–water partition coefficient (Wildman–Crippen LogP) is 12.3. The van der Waals surface area contributed by atoms with Crippen LogP contribution in [0.25, 0.3) is 0 Å². The van der Waals surface area contributed by atoms with Gasteiger partial charge in [-0.2, -0.15) is 0 Å². The third kappa shape index (κ3) is 21.3. The summed E-state index contributed by atoms with van der Waals surface area (Å²) >= 11 is 0.464. The summed E-state index contributed by atoms with van der Waals surface area (Å²) in [5, 5.41) is 0. The normalized spacial score (nSPS) is 13.2. The topological polar surface area (TPSA) is 18.5 Å². The molecule has 3 heteroatoms. The molecular formula is C36H68O2Se. The molecule has 1 rings (SSSR count). The molecule has 0 spiro atoms. The van der Waals surface area contributed by atoms with E-state index < -0.39 is 0 Å². The van der Waals surface area contributed by atoms with Gasteiger partial charge >= 0.3 is 174 Å². The Morgan fingerprint density at radius 1 is 0.436 bits per heavy atom. The summed E-state index contributed by atoms with van der Waals surface area (Å²) in [6.45, 7) is 10.8. The van der Waals surface area contributed by atoms with Gasteiger partial charge in [0.2, 0.25) is 0 Å². The van der Waals surface area contributed by atoms with Crippen molar-refractivity contribution in [3.8, 4) is 0 Å². The van der Waals surface area contributed by atoms with Crippen LogP contribution in [-0.2, 0) is 9.47 Å². The van der Waals surface area contributed by atoms with Crippen LogP contribution in [0.1, 0.15) is 205 Å². The summed E-state index contributed by atoms with van der Waals surface area (Å²) in [4.78, 5) is 4.83. The van der Waals surface area contributed by atoms with E-state index in [1.165, 1.54) is 165 Å². The van der Waals surface area contributed by atoms with Crippen molar-refractivity contribution in [2.75, 3.05) is 13.2 Å². The van der Waals surface area contributed by atoms with Crippen molar-refractivity contribution in [2.24, 2.45) is 0 Å². The van der Waals surface area contributed by atoms with E-state index >= 15 is 0 Å². The van der Waals surface area contributed by atoms with Crippen LogP contribution in [0.15, 0.2) is 9.88 Å². The molecule has 0 aromatic carbocycles. The molecule has 2 nitrogen and oxygen atoms in total. The van der Waals surface area contributed by atoms with Gasteiger partial charge in [0.1, 0.15) is 0 Å². The second-order valence-corrected chi connectivity index (χ2v) is 13.6. The van der Waals surface area contributed by atoms with E-state index in [0.717, 1.165) is 13.2 Å². The van der Waals surface area contributed by atoms with Crippen LogP contribution < -0.4 is 0 Å². The molecule has 0 amide bonds. The Balaban J connectivity index is 2.00. The Kier molecular flexibility index (Phi) is 26.6. The molecule has 1 aromatic rings. The molecule has 0 N–H and O–H groups in total. The van der Waals surface area contributed by atoms with Crippen molar-refractivity contribution >= 4 is 14.5 Å². The SMILES string of the molecule is CCCCCCCCCCCCCCOC(C)c1c[se]cc1C(C)OCCCCCCCCCCCCCC. The predicted molar refractivity (Wildman–Crippen MR) is 174 cm³/mol. The number of ether oxygens (including phenoxy) is 2. The summed E-state index contributed by atoms with van der Waals surface area (Å²) in [7, 11) is 0. The first-order valence-corrected chi connectivity index (χ1v) is 19.5. The van der Waals surface area contributed by atoms with Crippen LogP contribution in [-0.4, -0.2) is 27.7 Å². The van der Waals surface area contributed by atoms with Crippen LogP contribution in [0.5, 0.6) is 0 Å². The fraction of sp³-hybridized carbons (Fsp3) is 0.889. The Morgan fingerprint density at radius 2 is 0.692 bits per heavy atom. The van der Waals surface area contributed by atoms with Crippen molar-refractivity contribution in [1.82, 2.24) is 0 Å². The van der Waals surface area contributed by atoms with Crippen LogP contribution in [0.4, 0.5) is 0 Å². The molecule has 0 aliphatic rings. The molecular weight excluding hydrogens is 543 g/mol. The molecule has 0 radical (unpaired) electrons. The first-order chi connectivity index (χ1) is 19.2. The summed E-state index contributed by atoms with van der Waals surface area (Å²) in [6, 6.07) is 0. The van der Waals surface area contributed by atoms with E-state index in [2.05, 4.69) is 37.6 Å². The minimum absolute atomic E-state index is 0.200. The molecule has 39 heavy (non-hydrogen) atoms. The van der Waals surface area contributed by atoms with E-state index in [1.807, 2.05) is 0 Å². The molecule has 0 aliphatic carbocycles. The molecule has 0 aliphatic heterocycles. The summed E-state index contributed by atoms with van der Waals surface area (Å²) in [5.41, 5.74) is 2.80. The zero-order valence-corrected chi connectivity index (χ0v) is 28.6. The van der Waals surface area contributed by atoms with Crippen molar-refractivity contribution in [3.63, 3.8) is 0 Å². The molecule has 1 heterocycles. The van der Waals surface area contributed by atoms with E-state index in [9.17, 15) is 0 Å². The Labute approximate surface area is 251 Å². The van der Waals surface area contributed by atoms with Crippen LogP contribution >= 0.6 is 0 Å². The van der Waals surface area contributed by atoms with Gasteiger partial charge < -0.3 is 0 Å². The van der Waals surface area contributed by atoms with Crippen molar-refractivity contribution < 1.29 is 9.47 Å². The van der Waals surface area contributed by atoms with Crippen molar-refractivity contribution in [1.29, 1.82) is 0 Å². The smallest absolute Gasteiger partial charge is 0.0654 e. The van der Waals surface area contributed by atoms with Crippen LogP contribution in [0, 0.1) is 0 Å². The van der Waals surface area contributed by atoms with E-state index in [0.29, 0.717) is 14.5 Å². The molecule has 0 fully saturated rings. The van der Waals surface area contributed by atoms with Crippen molar-refractivity contribution in [2.45, 2.75) is 194 Å². The summed E-state index contributed by atoms with van der Waals surface area (Å²) < 4.78 is 12.5. The van der Waals surface area contributed by atoms with Gasteiger partial charge in [-0.05, 0) is 0 Å². The quantitative estimate of drug-likeness (QED) is 0.0636. The Morgan fingerprint density at radius 3 is 0.974 bits per heavy atom. The third-order valence-electron chi connectivity index (χ3n) is 8.33. The van der Waals surface area contributed by atoms with Gasteiger partial charge in [0.15, 0.2) is 0 Å². The standard InChI is InChI=1S/C36H68O2Se/c1-5-7-9-11-13-15-17-19-21-23-25-27-29-37-33(3)35-31-39-32-36(35)34(4)38-30-28-26-24-22-20-18-16-14-12-10-8-6-2/h31-34H,5-30H2,1-4H3. The fourth-order valence-electron chi connectivity index (χ4n) is 5.56. The van der Waals surface area contributed by atoms with E-state index in [1.54, 1.807) is 0 Å². The van der Waals surface area contributed by atoms with Crippen molar-refractivity contribution in [3.05, 3.63) is 21.0 Å². The van der Waals surface area contributed by atoms with Crippen LogP contribution in [0.3, 0.4) is 0 Å². The first-order valence-electron chi connectivity index (χ1n) is 17.5. The molecule has 0 saturated carbocycles. The van der Waals surface area contributed by atoms with Gasteiger partial charge in [-0.25, -0.2) is 0 Å². The number of rotatable bonds is 30. The van der Waals surface area contributed by atoms with Crippen LogP contribution in [0.2, 0.25) is 0 Å². The molecule has 0 saturated heterocycles. The molecule has 2 atom stereocenters. The zero-order valence-electron chi connectivity index (χ0n) is 26.9. The third-order valence-corrected chi connectivity index (χ3v) is 9.97. The Bertz CT molecular complexity index is 562. The fourth-order valence-corrected chi connectivity index (χ4v) is 7.70. The molecule has 2 unspecified atom stereocenters. The van der Waals surface area contributed by atoms with Gasteiger partial charge in [-0.3, -0.25) is 0 Å². The second-order valence-electron chi connectivity index (χ2n) is 12.1. The Hall–Kier alpha value is -0.0805. The minimum Gasteiger partial charge on any atom is -0.0654 e. The molecule has 230 valence electrons. The monoisotopic (exact) mass is 612 g/mol. The van der Waals surface area contributed by atoms with Gasteiger partial charge in [-0.15, -0.1) is 0 Å². The van der Waals surface area contributed by atoms with Gasteiger partial charge in [0.05, 0.1) is 0 Å². The van der Waals surface area contributed by atoms with Gasteiger partial charge in [0.25, 0.3) is 0 Å². The maximum atomic E-state index is 6.27. The minimum atomic E-state index is 0.200. The molecule has 1 aromatic heterocycles. The van der Waals surface area contributed by atoms with Gasteiger partial charge in [0, 0.05) is 0 Å². The van der Waals surface area contributed by atoms with E-state index in [-0.39, 0.29) is 12.2 Å². The number of hydrogen-bond donors (Lipinski definition) is 0. The summed E-state index contributed by atoms with van der Waals surface area (Å²) in [5.74, 6) is 0. The number of hydrogen-bond acceptors (Lipinski definition) is 2. The second kappa shape index (κ2) is 28.1. The zero-order chi connectivity index (χ0) is 28.2. The van der Waals surface area contributed by atoms with E-state index in [4.69, 9.17) is 9.47 Å². The average Bonchev–Trinajstić information content (AvgIpc) is 3.44. The summed E-state index contributed by atoms with van der Waals surface area (Å²) in [6.07, 6.45) is 33.8. The number of unbranched alkanes of at least 4 members (excludes halogenated alkanes) is 22. The maximum absolute atomic E-state index is 6.27. The average molecular weight is 612 g/mol.